The van der Waals surface area contributed by atoms with Crippen molar-refractivity contribution in [1.82, 2.24) is 0 Å². The molecule has 4 unspecified atom stereocenters. The lowest BCUT2D eigenvalue weighted by Gasteiger charge is -2.29. The van der Waals surface area contributed by atoms with E-state index in [9.17, 15) is 5.11 Å². The molecule has 0 aromatic rings. The third kappa shape index (κ3) is 1.16. The Labute approximate surface area is 76.2 Å². The fraction of sp³-hybridized carbons (Fsp3) is 1.00. The van der Waals surface area contributed by atoms with Crippen molar-refractivity contribution < 1.29 is 5.11 Å². The van der Waals surface area contributed by atoms with Gasteiger partial charge in [-0.3, -0.25) is 0 Å². The topological polar surface area (TPSA) is 20.2 Å². The molecule has 2 aliphatic rings. The van der Waals surface area contributed by atoms with Gasteiger partial charge in [-0.05, 0) is 36.6 Å². The van der Waals surface area contributed by atoms with E-state index in [1.807, 2.05) is 0 Å². The predicted octanol–water partition coefficient (Wildman–Crippen LogP) is 2.49. The summed E-state index contributed by atoms with van der Waals surface area (Å²) in [4.78, 5) is 0. The molecule has 0 aliphatic heterocycles. The van der Waals surface area contributed by atoms with Crippen LogP contribution in [0.4, 0.5) is 0 Å². The Bertz CT molecular complexity index is 185. The number of aliphatic hydroxyl groups excluding tert-OH is 1. The van der Waals surface area contributed by atoms with Crippen LogP contribution in [-0.2, 0) is 0 Å². The van der Waals surface area contributed by atoms with Crippen molar-refractivity contribution >= 4 is 8.07 Å². The van der Waals surface area contributed by atoms with Gasteiger partial charge in [-0.1, -0.05) is 19.6 Å². The maximum atomic E-state index is 9.78. The summed E-state index contributed by atoms with van der Waals surface area (Å²) in [5.41, 5.74) is 0.924. The lowest BCUT2D eigenvalue weighted by molar-refractivity contribution is 0.113. The Hall–Kier alpha value is 0.177. The largest absolute Gasteiger partial charge is 0.393 e. The summed E-state index contributed by atoms with van der Waals surface area (Å²) in [5, 5.41) is 9.78. The molecule has 0 aromatic heterocycles. The van der Waals surface area contributed by atoms with Crippen LogP contribution in [0.15, 0.2) is 0 Å². The third-order valence-corrected chi connectivity index (χ3v) is 6.78. The van der Waals surface area contributed by atoms with Gasteiger partial charge in [0.05, 0.1) is 6.10 Å². The van der Waals surface area contributed by atoms with Crippen molar-refractivity contribution in [1.29, 1.82) is 0 Å². The van der Waals surface area contributed by atoms with Crippen LogP contribution in [0, 0.1) is 11.8 Å². The van der Waals surface area contributed by atoms with E-state index in [2.05, 4.69) is 19.6 Å². The number of hydrogen-bond acceptors (Lipinski definition) is 1. The number of rotatable bonds is 1. The molecule has 0 aromatic carbocycles. The molecule has 70 valence electrons. The van der Waals surface area contributed by atoms with E-state index in [0.717, 1.165) is 17.9 Å². The highest BCUT2D eigenvalue weighted by Crippen LogP contribution is 2.57. The van der Waals surface area contributed by atoms with E-state index in [-0.39, 0.29) is 6.10 Å². The molecule has 2 heteroatoms. The summed E-state index contributed by atoms with van der Waals surface area (Å²) >= 11 is 0. The van der Waals surface area contributed by atoms with Crippen molar-refractivity contribution in [3.63, 3.8) is 0 Å². The number of hydrogen-bond donors (Lipinski definition) is 1. The molecule has 0 saturated heterocycles. The summed E-state index contributed by atoms with van der Waals surface area (Å²) < 4.78 is 0. The minimum absolute atomic E-state index is 0.0560. The lowest BCUT2D eigenvalue weighted by Crippen LogP contribution is -2.32. The fourth-order valence-corrected chi connectivity index (χ4v) is 7.04. The smallest absolute Gasteiger partial charge is 0.0571 e. The Balaban J connectivity index is 2.19. The van der Waals surface area contributed by atoms with Gasteiger partial charge in [0.15, 0.2) is 0 Å². The van der Waals surface area contributed by atoms with Gasteiger partial charge in [0, 0.05) is 8.07 Å². The third-order valence-electron chi connectivity index (χ3n) is 3.88. The summed E-state index contributed by atoms with van der Waals surface area (Å²) in [5.74, 6) is 1.57. The molecule has 2 bridgehead atoms. The van der Waals surface area contributed by atoms with Gasteiger partial charge in [0.25, 0.3) is 0 Å². The van der Waals surface area contributed by atoms with Crippen molar-refractivity contribution in [3.8, 4) is 0 Å². The molecule has 0 radical (unpaired) electrons. The SMILES string of the molecule is C[Si](C)(C)C1C2CCC1C(O)C2. The summed E-state index contributed by atoms with van der Waals surface area (Å²) in [6.07, 6.45) is 3.87. The molecular formula is C10H20OSi. The monoisotopic (exact) mass is 184 g/mol. The van der Waals surface area contributed by atoms with Gasteiger partial charge in [-0.25, -0.2) is 0 Å². The molecule has 2 aliphatic carbocycles. The zero-order valence-corrected chi connectivity index (χ0v) is 9.38. The van der Waals surface area contributed by atoms with Crippen LogP contribution in [0.3, 0.4) is 0 Å². The lowest BCUT2D eigenvalue weighted by atomic mass is 9.98. The van der Waals surface area contributed by atoms with Gasteiger partial charge < -0.3 is 5.11 Å². The Morgan fingerprint density at radius 3 is 2.08 bits per heavy atom. The Morgan fingerprint density at radius 1 is 1.17 bits per heavy atom. The van der Waals surface area contributed by atoms with Crippen molar-refractivity contribution in [2.45, 2.75) is 50.5 Å². The molecule has 4 atom stereocenters. The van der Waals surface area contributed by atoms with Crippen molar-refractivity contribution in [3.05, 3.63) is 0 Å². The first-order valence-corrected chi connectivity index (χ1v) is 8.76. The predicted molar refractivity (Wildman–Crippen MR) is 53.9 cm³/mol. The van der Waals surface area contributed by atoms with E-state index in [1.165, 1.54) is 12.8 Å². The van der Waals surface area contributed by atoms with Crippen LogP contribution in [-0.4, -0.2) is 19.3 Å². The Kier molecular flexibility index (Phi) is 1.88. The van der Waals surface area contributed by atoms with Crippen LogP contribution < -0.4 is 0 Å². The molecule has 0 heterocycles. The molecule has 12 heavy (non-hydrogen) atoms. The van der Waals surface area contributed by atoms with E-state index in [0.29, 0.717) is 5.92 Å². The zero-order valence-electron chi connectivity index (χ0n) is 8.38. The Morgan fingerprint density at radius 2 is 1.83 bits per heavy atom. The van der Waals surface area contributed by atoms with Gasteiger partial charge in [-0.15, -0.1) is 0 Å². The van der Waals surface area contributed by atoms with Gasteiger partial charge >= 0.3 is 0 Å². The van der Waals surface area contributed by atoms with E-state index in [1.54, 1.807) is 0 Å². The summed E-state index contributed by atoms with van der Waals surface area (Å²) in [6.45, 7) is 7.38. The average Bonchev–Trinajstić information content (AvgIpc) is 2.39. The fourth-order valence-electron chi connectivity index (χ4n) is 3.65. The highest BCUT2D eigenvalue weighted by Gasteiger charge is 2.52. The molecule has 1 nitrogen and oxygen atoms in total. The van der Waals surface area contributed by atoms with Crippen LogP contribution in [0.25, 0.3) is 0 Å². The van der Waals surface area contributed by atoms with Gasteiger partial charge in [0.2, 0.25) is 0 Å². The van der Waals surface area contributed by atoms with Gasteiger partial charge in [-0.2, -0.15) is 0 Å². The first-order chi connectivity index (χ1) is 5.50. The molecule has 2 saturated carbocycles. The highest BCUT2D eigenvalue weighted by atomic mass is 28.3. The van der Waals surface area contributed by atoms with Crippen molar-refractivity contribution in [2.24, 2.45) is 11.8 Å². The molecule has 0 spiro atoms. The minimum Gasteiger partial charge on any atom is -0.393 e. The van der Waals surface area contributed by atoms with Gasteiger partial charge in [0.1, 0.15) is 0 Å². The molecule has 2 rings (SSSR count). The molecule has 0 amide bonds. The standard InChI is InChI=1S/C10H20OSi/c1-12(2,3)10-7-4-5-8(10)9(11)6-7/h7-11H,4-6H2,1-3H3. The van der Waals surface area contributed by atoms with E-state index >= 15 is 0 Å². The maximum Gasteiger partial charge on any atom is 0.0571 e. The van der Waals surface area contributed by atoms with Crippen LogP contribution >= 0.6 is 0 Å². The second kappa shape index (κ2) is 2.58. The van der Waals surface area contributed by atoms with Crippen LogP contribution in [0.5, 0.6) is 0 Å². The molecular weight excluding hydrogens is 164 g/mol. The summed E-state index contributed by atoms with van der Waals surface area (Å²) in [6, 6.07) is 0. The second-order valence-electron chi connectivity index (χ2n) is 5.70. The summed E-state index contributed by atoms with van der Waals surface area (Å²) in [7, 11) is -0.990. The maximum absolute atomic E-state index is 9.78. The van der Waals surface area contributed by atoms with E-state index in [4.69, 9.17) is 0 Å². The molecule has 1 N–H and O–H groups in total. The minimum atomic E-state index is -0.990. The quantitative estimate of drug-likeness (QED) is 0.621. The molecule has 2 fully saturated rings. The van der Waals surface area contributed by atoms with Crippen LogP contribution in [0.2, 0.25) is 25.2 Å². The normalized spacial score (nSPS) is 47.0. The highest BCUT2D eigenvalue weighted by molar-refractivity contribution is 6.77. The van der Waals surface area contributed by atoms with E-state index < -0.39 is 8.07 Å². The second-order valence-corrected chi connectivity index (χ2v) is 11.1. The number of aliphatic hydroxyl groups is 1. The zero-order chi connectivity index (χ0) is 8.93. The first kappa shape index (κ1) is 8.76. The number of fused-ring (bicyclic) bond motifs is 2. The first-order valence-electron chi connectivity index (χ1n) is 5.18. The van der Waals surface area contributed by atoms with Crippen LogP contribution in [0.1, 0.15) is 19.3 Å². The van der Waals surface area contributed by atoms with Crippen molar-refractivity contribution in [2.75, 3.05) is 0 Å². The average molecular weight is 184 g/mol.